The van der Waals surface area contributed by atoms with Crippen LogP contribution in [0.15, 0.2) is 0 Å². The molecular weight excluding hydrogens is 168 g/mol. The quantitative estimate of drug-likeness (QED) is 0.589. The average molecular weight is 182 g/mol. The van der Waals surface area contributed by atoms with Crippen LogP contribution in [0.1, 0.15) is 26.7 Å². The van der Waals surface area contributed by atoms with Crippen LogP contribution in [0.3, 0.4) is 0 Å². The van der Waals surface area contributed by atoms with Gasteiger partial charge in [-0.05, 0) is 32.6 Å². The first kappa shape index (κ1) is 8.53. The minimum absolute atomic E-state index is 0.0397. The van der Waals surface area contributed by atoms with Gasteiger partial charge < -0.3 is 10.6 Å². The van der Waals surface area contributed by atoms with Gasteiger partial charge >= 0.3 is 0 Å². The van der Waals surface area contributed by atoms with Gasteiger partial charge in [-0.3, -0.25) is 9.59 Å². The Morgan fingerprint density at radius 2 is 2.00 bits per heavy atom. The molecule has 13 heavy (non-hydrogen) atoms. The second-order valence-corrected chi connectivity index (χ2v) is 4.16. The third kappa shape index (κ3) is 1.20. The van der Waals surface area contributed by atoms with E-state index in [2.05, 4.69) is 10.6 Å². The SMILES string of the molecule is CC1NC(=O)C(C)(C2CC2)NC1=O. The maximum Gasteiger partial charge on any atom is 0.246 e. The number of nitrogens with one attached hydrogen (secondary N) is 2. The van der Waals surface area contributed by atoms with Crippen LogP contribution in [-0.4, -0.2) is 23.4 Å². The van der Waals surface area contributed by atoms with Gasteiger partial charge in [0, 0.05) is 0 Å². The summed E-state index contributed by atoms with van der Waals surface area (Å²) in [5.41, 5.74) is -0.649. The molecule has 4 nitrogen and oxygen atoms in total. The summed E-state index contributed by atoms with van der Waals surface area (Å²) < 4.78 is 0. The Kier molecular flexibility index (Phi) is 1.62. The molecule has 2 rings (SSSR count). The number of hydrogen-bond donors (Lipinski definition) is 2. The van der Waals surface area contributed by atoms with Crippen molar-refractivity contribution in [3.05, 3.63) is 0 Å². The fourth-order valence-electron chi connectivity index (χ4n) is 1.78. The van der Waals surface area contributed by atoms with Crippen molar-refractivity contribution in [1.82, 2.24) is 10.6 Å². The Morgan fingerprint density at radius 3 is 2.54 bits per heavy atom. The van der Waals surface area contributed by atoms with Crippen LogP contribution in [-0.2, 0) is 9.59 Å². The van der Waals surface area contributed by atoms with Crippen LogP contribution in [0, 0.1) is 5.92 Å². The van der Waals surface area contributed by atoms with Crippen molar-refractivity contribution in [2.45, 2.75) is 38.3 Å². The highest BCUT2D eigenvalue weighted by molar-refractivity contribution is 5.99. The summed E-state index contributed by atoms with van der Waals surface area (Å²) in [6.07, 6.45) is 2.08. The summed E-state index contributed by atoms with van der Waals surface area (Å²) >= 11 is 0. The molecule has 1 aliphatic carbocycles. The second-order valence-electron chi connectivity index (χ2n) is 4.16. The van der Waals surface area contributed by atoms with Crippen LogP contribution in [0.2, 0.25) is 0 Å². The lowest BCUT2D eigenvalue weighted by Gasteiger charge is -2.36. The van der Waals surface area contributed by atoms with Crippen LogP contribution in [0.25, 0.3) is 0 Å². The highest BCUT2D eigenvalue weighted by Gasteiger charge is 2.51. The molecule has 2 amide bonds. The van der Waals surface area contributed by atoms with E-state index in [1.807, 2.05) is 6.92 Å². The predicted molar refractivity (Wildman–Crippen MR) is 46.9 cm³/mol. The Labute approximate surface area is 77.1 Å². The molecule has 2 N–H and O–H groups in total. The number of hydrogen-bond acceptors (Lipinski definition) is 2. The van der Waals surface area contributed by atoms with E-state index in [0.717, 1.165) is 12.8 Å². The molecule has 0 spiro atoms. The van der Waals surface area contributed by atoms with Crippen LogP contribution < -0.4 is 10.6 Å². The standard InChI is InChI=1S/C9H14N2O2/c1-5-7(12)11-9(2,6-3-4-6)8(13)10-5/h5-6H,3-4H2,1-2H3,(H,10,13)(H,11,12). The van der Waals surface area contributed by atoms with Crippen LogP contribution in [0.5, 0.6) is 0 Å². The molecule has 1 saturated carbocycles. The number of piperazine rings is 1. The Balaban J connectivity index is 2.19. The zero-order valence-electron chi connectivity index (χ0n) is 7.89. The molecule has 0 aromatic carbocycles. The topological polar surface area (TPSA) is 58.2 Å². The summed E-state index contributed by atoms with van der Waals surface area (Å²) in [7, 11) is 0. The summed E-state index contributed by atoms with van der Waals surface area (Å²) in [6.45, 7) is 3.50. The maximum absolute atomic E-state index is 11.6. The Morgan fingerprint density at radius 1 is 1.38 bits per heavy atom. The van der Waals surface area contributed by atoms with Gasteiger partial charge in [0.15, 0.2) is 0 Å². The zero-order valence-corrected chi connectivity index (χ0v) is 7.89. The van der Waals surface area contributed by atoms with Gasteiger partial charge in [0.05, 0.1) is 0 Å². The van der Waals surface area contributed by atoms with E-state index in [4.69, 9.17) is 0 Å². The first-order valence-electron chi connectivity index (χ1n) is 4.67. The van der Waals surface area contributed by atoms with E-state index in [9.17, 15) is 9.59 Å². The van der Waals surface area contributed by atoms with Gasteiger partial charge in [-0.15, -0.1) is 0 Å². The van der Waals surface area contributed by atoms with Gasteiger partial charge in [-0.1, -0.05) is 0 Å². The van der Waals surface area contributed by atoms with Crippen molar-refractivity contribution in [2.75, 3.05) is 0 Å². The summed E-state index contributed by atoms with van der Waals surface area (Å²) in [5.74, 6) is 0.222. The molecule has 0 radical (unpaired) electrons. The summed E-state index contributed by atoms with van der Waals surface area (Å²) in [5, 5.41) is 5.49. The van der Waals surface area contributed by atoms with Gasteiger partial charge in [0.25, 0.3) is 0 Å². The van der Waals surface area contributed by atoms with Gasteiger partial charge in [-0.25, -0.2) is 0 Å². The van der Waals surface area contributed by atoms with E-state index in [0.29, 0.717) is 5.92 Å². The third-order valence-corrected chi connectivity index (χ3v) is 2.99. The van der Waals surface area contributed by atoms with Crippen LogP contribution >= 0.6 is 0 Å². The molecule has 2 aliphatic rings. The number of carbonyl (C=O) groups excluding carboxylic acids is 2. The van der Waals surface area contributed by atoms with Crippen molar-refractivity contribution < 1.29 is 9.59 Å². The fraction of sp³-hybridized carbons (Fsp3) is 0.778. The molecular formula is C9H14N2O2. The van der Waals surface area contributed by atoms with Crippen LogP contribution in [0.4, 0.5) is 0 Å². The molecule has 0 bridgehead atoms. The van der Waals surface area contributed by atoms with Gasteiger partial charge in [0.1, 0.15) is 11.6 Å². The summed E-state index contributed by atoms with van der Waals surface area (Å²) in [4.78, 5) is 23.0. The molecule has 2 fully saturated rings. The molecule has 0 aromatic rings. The minimum Gasteiger partial charge on any atom is -0.343 e. The molecule has 72 valence electrons. The second kappa shape index (κ2) is 2.47. The molecule has 4 heteroatoms. The van der Waals surface area contributed by atoms with Crippen molar-refractivity contribution in [3.8, 4) is 0 Å². The first-order chi connectivity index (χ1) is 6.04. The maximum atomic E-state index is 11.6. The van der Waals surface area contributed by atoms with E-state index < -0.39 is 5.54 Å². The molecule has 1 heterocycles. The van der Waals surface area contributed by atoms with Crippen molar-refractivity contribution in [2.24, 2.45) is 5.92 Å². The number of carbonyl (C=O) groups is 2. The van der Waals surface area contributed by atoms with E-state index in [-0.39, 0.29) is 17.9 Å². The first-order valence-corrected chi connectivity index (χ1v) is 4.67. The van der Waals surface area contributed by atoms with E-state index >= 15 is 0 Å². The molecule has 2 unspecified atom stereocenters. The fourth-order valence-corrected chi connectivity index (χ4v) is 1.78. The van der Waals surface area contributed by atoms with E-state index in [1.165, 1.54) is 0 Å². The highest BCUT2D eigenvalue weighted by atomic mass is 16.2. The Bertz CT molecular complexity index is 273. The van der Waals surface area contributed by atoms with Gasteiger partial charge in [-0.2, -0.15) is 0 Å². The molecule has 1 saturated heterocycles. The molecule has 0 aromatic heterocycles. The monoisotopic (exact) mass is 182 g/mol. The summed E-state index contributed by atoms with van der Waals surface area (Å²) in [6, 6.07) is -0.390. The van der Waals surface area contributed by atoms with Crippen molar-refractivity contribution in [1.29, 1.82) is 0 Å². The Hall–Kier alpha value is -1.06. The lowest BCUT2D eigenvalue weighted by atomic mass is 9.91. The largest absolute Gasteiger partial charge is 0.343 e. The zero-order chi connectivity index (χ0) is 9.64. The lowest BCUT2D eigenvalue weighted by molar-refractivity contribution is -0.141. The molecule has 2 atom stereocenters. The highest BCUT2D eigenvalue weighted by Crippen LogP contribution is 2.40. The third-order valence-electron chi connectivity index (χ3n) is 2.99. The van der Waals surface area contributed by atoms with Crippen molar-refractivity contribution >= 4 is 11.8 Å². The minimum atomic E-state index is -0.649. The predicted octanol–water partition coefficient (Wildman–Crippen LogP) is -0.210. The molecule has 1 aliphatic heterocycles. The van der Waals surface area contributed by atoms with E-state index in [1.54, 1.807) is 6.92 Å². The normalized spacial score (nSPS) is 39.7. The average Bonchev–Trinajstić information content (AvgIpc) is 2.83. The smallest absolute Gasteiger partial charge is 0.246 e. The number of rotatable bonds is 1. The van der Waals surface area contributed by atoms with Crippen molar-refractivity contribution in [3.63, 3.8) is 0 Å². The van der Waals surface area contributed by atoms with Gasteiger partial charge in [0.2, 0.25) is 11.8 Å². The lowest BCUT2D eigenvalue weighted by Crippen LogP contribution is -2.68. The number of amides is 2.